The van der Waals surface area contributed by atoms with E-state index >= 15 is 0 Å². The minimum absolute atomic E-state index is 0.320. The molecule has 138 valence electrons. The van der Waals surface area contributed by atoms with Crippen molar-refractivity contribution in [1.29, 1.82) is 0 Å². The van der Waals surface area contributed by atoms with Crippen LogP contribution in [-0.2, 0) is 0 Å². The van der Waals surface area contributed by atoms with Gasteiger partial charge in [-0.15, -0.1) is 0 Å². The van der Waals surface area contributed by atoms with Crippen LogP contribution in [0.1, 0.15) is 21.5 Å². The number of fused-ring (bicyclic) bond motifs is 1. The molecule has 2 aromatic carbocycles. The molecule has 0 unspecified atom stereocenters. The number of amides is 1. The molecule has 7 heteroatoms. The number of hydrogen-bond donors (Lipinski definition) is 1. The van der Waals surface area contributed by atoms with Gasteiger partial charge in [0, 0.05) is 16.5 Å². The summed E-state index contributed by atoms with van der Waals surface area (Å²) in [7, 11) is 3.04. The molecule has 0 atom stereocenters. The van der Waals surface area contributed by atoms with Gasteiger partial charge in [0.25, 0.3) is 5.91 Å². The van der Waals surface area contributed by atoms with Crippen LogP contribution in [0.15, 0.2) is 47.6 Å². The average molecular weight is 384 g/mol. The van der Waals surface area contributed by atoms with Crippen LogP contribution in [0.5, 0.6) is 11.5 Å². The van der Waals surface area contributed by atoms with Gasteiger partial charge in [0.2, 0.25) is 0 Å². The highest BCUT2D eigenvalue weighted by Gasteiger charge is 2.10. The van der Waals surface area contributed by atoms with Crippen LogP contribution in [0.2, 0.25) is 5.15 Å². The van der Waals surface area contributed by atoms with Gasteiger partial charge in [-0.1, -0.05) is 29.8 Å². The second kappa shape index (κ2) is 8.05. The van der Waals surface area contributed by atoms with Crippen LogP contribution >= 0.6 is 11.6 Å². The van der Waals surface area contributed by atoms with E-state index < -0.39 is 0 Å². The predicted molar refractivity (Wildman–Crippen MR) is 106 cm³/mol. The minimum Gasteiger partial charge on any atom is -0.493 e. The van der Waals surface area contributed by atoms with Crippen molar-refractivity contribution < 1.29 is 14.3 Å². The number of para-hydroxylation sites is 1. The molecule has 0 radical (unpaired) electrons. The van der Waals surface area contributed by atoms with Gasteiger partial charge in [0.15, 0.2) is 11.5 Å². The summed E-state index contributed by atoms with van der Waals surface area (Å²) in [5.74, 6) is 0.626. The lowest BCUT2D eigenvalue weighted by atomic mass is 10.1. The molecule has 0 aliphatic carbocycles. The van der Waals surface area contributed by atoms with Crippen LogP contribution in [0.3, 0.4) is 0 Å². The molecular formula is C20H18ClN3O3. The van der Waals surface area contributed by atoms with Crippen molar-refractivity contribution in [2.24, 2.45) is 5.10 Å². The lowest BCUT2D eigenvalue weighted by molar-refractivity contribution is 0.0954. The van der Waals surface area contributed by atoms with E-state index in [1.165, 1.54) is 20.4 Å². The molecular weight excluding hydrogens is 366 g/mol. The SMILES string of the molecule is COc1ccc(C(=O)NN=Cc2cc3cccc(C)c3nc2Cl)cc1OC. The van der Waals surface area contributed by atoms with Gasteiger partial charge in [0.05, 0.1) is 26.0 Å². The zero-order valence-electron chi connectivity index (χ0n) is 15.1. The van der Waals surface area contributed by atoms with E-state index in [2.05, 4.69) is 15.5 Å². The number of carbonyl (C=O) groups is 1. The molecule has 0 bridgehead atoms. The smallest absolute Gasteiger partial charge is 0.271 e. The Morgan fingerprint density at radius 3 is 2.67 bits per heavy atom. The molecule has 0 fully saturated rings. The quantitative estimate of drug-likeness (QED) is 0.411. The largest absolute Gasteiger partial charge is 0.493 e. The summed E-state index contributed by atoms with van der Waals surface area (Å²) in [6.07, 6.45) is 1.47. The Balaban J connectivity index is 1.78. The highest BCUT2D eigenvalue weighted by Crippen LogP contribution is 2.27. The van der Waals surface area contributed by atoms with Crippen molar-refractivity contribution in [3.05, 3.63) is 64.3 Å². The molecule has 0 aliphatic rings. The van der Waals surface area contributed by atoms with Crippen molar-refractivity contribution in [1.82, 2.24) is 10.4 Å². The van der Waals surface area contributed by atoms with E-state index in [1.54, 1.807) is 18.2 Å². The summed E-state index contributed by atoms with van der Waals surface area (Å²) in [5.41, 5.74) is 5.36. The maximum atomic E-state index is 12.3. The summed E-state index contributed by atoms with van der Waals surface area (Å²) >= 11 is 6.23. The first kappa shape index (κ1) is 18.7. The summed E-state index contributed by atoms with van der Waals surface area (Å²) in [6, 6.07) is 12.6. The average Bonchev–Trinajstić information content (AvgIpc) is 2.68. The number of rotatable bonds is 5. The third kappa shape index (κ3) is 4.01. The van der Waals surface area contributed by atoms with Crippen molar-refractivity contribution in [3.63, 3.8) is 0 Å². The third-order valence-electron chi connectivity index (χ3n) is 4.04. The Morgan fingerprint density at radius 1 is 1.15 bits per heavy atom. The molecule has 3 rings (SSSR count). The first-order valence-corrected chi connectivity index (χ1v) is 8.52. The molecule has 1 heterocycles. The predicted octanol–water partition coefficient (Wildman–Crippen LogP) is 3.98. The molecule has 1 amide bonds. The highest BCUT2D eigenvalue weighted by atomic mass is 35.5. The fourth-order valence-corrected chi connectivity index (χ4v) is 2.82. The summed E-state index contributed by atoms with van der Waals surface area (Å²) in [6.45, 7) is 1.97. The number of carbonyl (C=O) groups excluding carboxylic acids is 1. The second-order valence-electron chi connectivity index (χ2n) is 5.78. The molecule has 1 aromatic heterocycles. The van der Waals surface area contributed by atoms with E-state index in [-0.39, 0.29) is 5.91 Å². The zero-order chi connectivity index (χ0) is 19.4. The second-order valence-corrected chi connectivity index (χ2v) is 6.14. The number of pyridine rings is 1. The fourth-order valence-electron chi connectivity index (χ4n) is 2.63. The summed E-state index contributed by atoms with van der Waals surface area (Å²) < 4.78 is 10.4. The molecule has 27 heavy (non-hydrogen) atoms. The number of nitrogens with zero attached hydrogens (tertiary/aromatic N) is 2. The van der Waals surface area contributed by atoms with Gasteiger partial charge < -0.3 is 9.47 Å². The molecule has 6 nitrogen and oxygen atoms in total. The van der Waals surface area contributed by atoms with Crippen LogP contribution in [0.4, 0.5) is 0 Å². The lowest BCUT2D eigenvalue weighted by Crippen LogP contribution is -2.17. The number of methoxy groups -OCH3 is 2. The Bertz CT molecular complexity index is 1030. The Morgan fingerprint density at radius 2 is 1.93 bits per heavy atom. The fraction of sp³-hybridized carbons (Fsp3) is 0.150. The number of ether oxygens (including phenoxy) is 2. The topological polar surface area (TPSA) is 72.8 Å². The molecule has 0 saturated carbocycles. The van der Waals surface area contributed by atoms with E-state index in [4.69, 9.17) is 21.1 Å². The lowest BCUT2D eigenvalue weighted by Gasteiger charge is -2.08. The van der Waals surface area contributed by atoms with Crippen LogP contribution in [-0.4, -0.2) is 31.3 Å². The van der Waals surface area contributed by atoms with E-state index in [0.29, 0.717) is 27.8 Å². The van der Waals surface area contributed by atoms with Crippen LogP contribution < -0.4 is 14.9 Å². The number of hydrogen-bond acceptors (Lipinski definition) is 5. The molecule has 0 aliphatic heterocycles. The Kier molecular flexibility index (Phi) is 5.57. The Hall–Kier alpha value is -3.12. The molecule has 0 saturated heterocycles. The first-order chi connectivity index (χ1) is 13.0. The van der Waals surface area contributed by atoms with Gasteiger partial charge in [-0.3, -0.25) is 4.79 Å². The maximum absolute atomic E-state index is 12.3. The van der Waals surface area contributed by atoms with Crippen molar-refractivity contribution >= 4 is 34.6 Å². The monoisotopic (exact) mass is 383 g/mol. The number of hydrazone groups is 1. The van der Waals surface area contributed by atoms with Gasteiger partial charge in [-0.05, 0) is 36.8 Å². The number of aryl methyl sites for hydroxylation is 1. The van der Waals surface area contributed by atoms with Crippen LogP contribution in [0.25, 0.3) is 10.9 Å². The van der Waals surface area contributed by atoms with Crippen molar-refractivity contribution in [2.75, 3.05) is 14.2 Å². The maximum Gasteiger partial charge on any atom is 0.271 e. The standard InChI is InChI=1S/C20H18ClN3O3/c1-12-5-4-6-13-9-15(19(21)23-18(12)13)11-22-24-20(25)14-7-8-16(26-2)17(10-14)27-3/h4-11H,1-3H3,(H,24,25). The van der Waals surface area contributed by atoms with Gasteiger partial charge in [-0.25, -0.2) is 10.4 Å². The zero-order valence-corrected chi connectivity index (χ0v) is 15.9. The van der Waals surface area contributed by atoms with E-state index in [9.17, 15) is 4.79 Å². The first-order valence-electron chi connectivity index (χ1n) is 8.14. The summed E-state index contributed by atoms with van der Waals surface area (Å²) in [4.78, 5) is 16.7. The summed E-state index contributed by atoms with van der Waals surface area (Å²) in [5, 5.41) is 5.26. The van der Waals surface area contributed by atoms with Gasteiger partial charge >= 0.3 is 0 Å². The molecule has 0 spiro atoms. The van der Waals surface area contributed by atoms with Gasteiger partial charge in [-0.2, -0.15) is 5.10 Å². The van der Waals surface area contributed by atoms with Crippen molar-refractivity contribution in [2.45, 2.75) is 6.92 Å². The minimum atomic E-state index is -0.382. The van der Waals surface area contributed by atoms with E-state index in [1.807, 2.05) is 31.2 Å². The number of benzene rings is 2. The number of nitrogens with one attached hydrogen (secondary N) is 1. The normalized spacial score (nSPS) is 11.0. The van der Waals surface area contributed by atoms with E-state index in [0.717, 1.165) is 16.5 Å². The van der Waals surface area contributed by atoms with Gasteiger partial charge in [0.1, 0.15) is 5.15 Å². The van der Waals surface area contributed by atoms with Crippen molar-refractivity contribution in [3.8, 4) is 11.5 Å². The number of aromatic nitrogens is 1. The third-order valence-corrected chi connectivity index (χ3v) is 4.35. The van der Waals surface area contributed by atoms with Crippen LogP contribution in [0, 0.1) is 6.92 Å². The number of halogens is 1. The Labute approximate surface area is 161 Å². The molecule has 3 aromatic rings. The molecule has 1 N–H and O–H groups in total. The highest BCUT2D eigenvalue weighted by molar-refractivity contribution is 6.32.